The van der Waals surface area contributed by atoms with Gasteiger partial charge in [0.1, 0.15) is 0 Å². The fourth-order valence-corrected chi connectivity index (χ4v) is 2.96. The molecule has 4 heteroatoms. The number of hydrogen-bond acceptors (Lipinski definition) is 3. The largest absolute Gasteiger partial charge is 0.377 e. The number of nitrogens with one attached hydrogen (secondary N) is 1. The Morgan fingerprint density at radius 1 is 1.39 bits per heavy atom. The number of piperidine rings is 1. The normalized spacial score (nSPS) is 26.3. The van der Waals surface area contributed by atoms with E-state index in [9.17, 15) is 4.79 Å². The third-order valence-electron chi connectivity index (χ3n) is 4.24. The van der Waals surface area contributed by atoms with E-state index in [4.69, 9.17) is 4.74 Å². The highest BCUT2D eigenvalue weighted by molar-refractivity contribution is 5.76. The van der Waals surface area contributed by atoms with E-state index in [1.165, 1.54) is 12.8 Å². The molecule has 2 saturated heterocycles. The zero-order chi connectivity index (χ0) is 12.8. The SMILES string of the molecule is CCC1COCCN1C(=O)CCC1CCNCC1. The van der Waals surface area contributed by atoms with Crippen molar-refractivity contribution in [2.75, 3.05) is 32.8 Å². The van der Waals surface area contributed by atoms with Crippen molar-refractivity contribution in [1.82, 2.24) is 10.2 Å². The predicted molar refractivity (Wildman–Crippen MR) is 71.4 cm³/mol. The molecule has 1 N–H and O–H groups in total. The molecule has 18 heavy (non-hydrogen) atoms. The number of nitrogens with zero attached hydrogens (tertiary/aromatic N) is 1. The van der Waals surface area contributed by atoms with Crippen LogP contribution in [0.4, 0.5) is 0 Å². The van der Waals surface area contributed by atoms with Gasteiger partial charge in [-0.15, -0.1) is 0 Å². The first kappa shape index (κ1) is 13.8. The molecule has 2 aliphatic heterocycles. The molecule has 4 nitrogen and oxygen atoms in total. The maximum atomic E-state index is 12.3. The number of carbonyl (C=O) groups excluding carboxylic acids is 1. The van der Waals surface area contributed by atoms with Gasteiger partial charge in [0.05, 0.1) is 19.3 Å². The van der Waals surface area contributed by atoms with Crippen molar-refractivity contribution in [3.05, 3.63) is 0 Å². The molecule has 0 bridgehead atoms. The molecular formula is C14H26N2O2. The summed E-state index contributed by atoms with van der Waals surface area (Å²) in [6.45, 7) is 6.57. The predicted octanol–water partition coefficient (Wildman–Crippen LogP) is 1.40. The van der Waals surface area contributed by atoms with E-state index in [0.717, 1.165) is 51.4 Å². The first-order valence-corrected chi connectivity index (χ1v) is 7.39. The molecule has 0 saturated carbocycles. The van der Waals surface area contributed by atoms with E-state index in [-0.39, 0.29) is 0 Å². The van der Waals surface area contributed by atoms with Gasteiger partial charge in [0.25, 0.3) is 0 Å². The first-order chi connectivity index (χ1) is 8.81. The average Bonchev–Trinajstić information content (AvgIpc) is 2.45. The maximum absolute atomic E-state index is 12.3. The molecule has 104 valence electrons. The van der Waals surface area contributed by atoms with Crippen molar-refractivity contribution in [3.8, 4) is 0 Å². The fraction of sp³-hybridized carbons (Fsp3) is 0.929. The van der Waals surface area contributed by atoms with Crippen LogP contribution in [-0.4, -0.2) is 49.7 Å². The lowest BCUT2D eigenvalue weighted by Crippen LogP contribution is -2.48. The highest BCUT2D eigenvalue weighted by atomic mass is 16.5. The summed E-state index contributed by atoms with van der Waals surface area (Å²) >= 11 is 0. The van der Waals surface area contributed by atoms with Crippen molar-refractivity contribution in [2.45, 2.75) is 45.1 Å². The van der Waals surface area contributed by atoms with E-state index in [1.807, 2.05) is 4.90 Å². The Hall–Kier alpha value is -0.610. The van der Waals surface area contributed by atoms with Gasteiger partial charge in [-0.3, -0.25) is 4.79 Å². The third-order valence-corrected chi connectivity index (χ3v) is 4.24. The number of hydrogen-bond donors (Lipinski definition) is 1. The Kier molecular flexibility index (Phi) is 5.45. The van der Waals surface area contributed by atoms with Crippen molar-refractivity contribution in [2.24, 2.45) is 5.92 Å². The second-order valence-electron chi connectivity index (χ2n) is 5.46. The molecule has 0 aromatic carbocycles. The van der Waals surface area contributed by atoms with Gasteiger partial charge in [-0.25, -0.2) is 0 Å². The number of ether oxygens (including phenoxy) is 1. The third kappa shape index (κ3) is 3.69. The summed E-state index contributed by atoms with van der Waals surface area (Å²) in [4.78, 5) is 14.3. The van der Waals surface area contributed by atoms with Gasteiger partial charge in [-0.2, -0.15) is 0 Å². The summed E-state index contributed by atoms with van der Waals surface area (Å²) in [5, 5.41) is 3.37. The van der Waals surface area contributed by atoms with E-state index < -0.39 is 0 Å². The molecule has 0 aromatic rings. The van der Waals surface area contributed by atoms with Crippen LogP contribution >= 0.6 is 0 Å². The maximum Gasteiger partial charge on any atom is 0.222 e. The zero-order valence-electron chi connectivity index (χ0n) is 11.5. The molecule has 0 aliphatic carbocycles. The van der Waals surface area contributed by atoms with Gasteiger partial charge in [-0.05, 0) is 44.7 Å². The Morgan fingerprint density at radius 3 is 2.89 bits per heavy atom. The number of amides is 1. The Labute approximate surface area is 110 Å². The van der Waals surface area contributed by atoms with Crippen LogP contribution in [-0.2, 0) is 9.53 Å². The number of carbonyl (C=O) groups is 1. The lowest BCUT2D eigenvalue weighted by atomic mass is 9.93. The van der Waals surface area contributed by atoms with Crippen LogP contribution in [0.25, 0.3) is 0 Å². The van der Waals surface area contributed by atoms with Crippen LogP contribution in [0.2, 0.25) is 0 Å². The molecule has 2 fully saturated rings. The monoisotopic (exact) mass is 254 g/mol. The topological polar surface area (TPSA) is 41.6 Å². The minimum Gasteiger partial charge on any atom is -0.377 e. The van der Waals surface area contributed by atoms with E-state index in [2.05, 4.69) is 12.2 Å². The minimum absolute atomic E-state index is 0.305. The first-order valence-electron chi connectivity index (χ1n) is 7.39. The zero-order valence-corrected chi connectivity index (χ0v) is 11.5. The lowest BCUT2D eigenvalue weighted by molar-refractivity contribution is -0.140. The van der Waals surface area contributed by atoms with Crippen molar-refractivity contribution < 1.29 is 9.53 Å². The summed E-state index contributed by atoms with van der Waals surface area (Å²) in [6.07, 6.45) is 5.25. The van der Waals surface area contributed by atoms with Crippen molar-refractivity contribution in [1.29, 1.82) is 0 Å². The van der Waals surface area contributed by atoms with E-state index in [0.29, 0.717) is 18.6 Å². The van der Waals surface area contributed by atoms with Crippen LogP contribution in [0.1, 0.15) is 39.0 Å². The minimum atomic E-state index is 0.305. The highest BCUT2D eigenvalue weighted by Gasteiger charge is 2.26. The van der Waals surface area contributed by atoms with Gasteiger partial charge >= 0.3 is 0 Å². The molecule has 1 atom stereocenters. The van der Waals surface area contributed by atoms with Gasteiger partial charge in [-0.1, -0.05) is 6.92 Å². The summed E-state index contributed by atoms with van der Waals surface area (Å²) < 4.78 is 5.45. The summed E-state index contributed by atoms with van der Waals surface area (Å²) in [7, 11) is 0. The van der Waals surface area contributed by atoms with Gasteiger partial charge in [0, 0.05) is 13.0 Å². The van der Waals surface area contributed by atoms with E-state index in [1.54, 1.807) is 0 Å². The average molecular weight is 254 g/mol. The molecule has 2 rings (SSSR count). The number of morpholine rings is 1. The van der Waals surface area contributed by atoms with Crippen molar-refractivity contribution in [3.63, 3.8) is 0 Å². The molecular weight excluding hydrogens is 228 g/mol. The Bertz CT molecular complexity index is 265. The van der Waals surface area contributed by atoms with Crippen LogP contribution in [0.5, 0.6) is 0 Å². The summed E-state index contributed by atoms with van der Waals surface area (Å²) in [6, 6.07) is 0.305. The molecule has 2 aliphatic rings. The van der Waals surface area contributed by atoms with Crippen molar-refractivity contribution >= 4 is 5.91 Å². The molecule has 0 spiro atoms. The van der Waals surface area contributed by atoms with Crippen LogP contribution < -0.4 is 5.32 Å². The molecule has 1 amide bonds. The van der Waals surface area contributed by atoms with Crippen LogP contribution in [0, 0.1) is 5.92 Å². The molecule has 0 aromatic heterocycles. The highest BCUT2D eigenvalue weighted by Crippen LogP contribution is 2.20. The second kappa shape index (κ2) is 7.10. The van der Waals surface area contributed by atoms with Crippen LogP contribution in [0.3, 0.4) is 0 Å². The van der Waals surface area contributed by atoms with Gasteiger partial charge < -0.3 is 15.0 Å². The van der Waals surface area contributed by atoms with Gasteiger partial charge in [0.2, 0.25) is 5.91 Å². The smallest absolute Gasteiger partial charge is 0.222 e. The van der Waals surface area contributed by atoms with Gasteiger partial charge in [0.15, 0.2) is 0 Å². The van der Waals surface area contributed by atoms with E-state index >= 15 is 0 Å². The fourth-order valence-electron chi connectivity index (χ4n) is 2.96. The number of rotatable bonds is 4. The Balaban J connectivity index is 1.75. The summed E-state index contributed by atoms with van der Waals surface area (Å²) in [5.41, 5.74) is 0. The van der Waals surface area contributed by atoms with Crippen LogP contribution in [0.15, 0.2) is 0 Å². The lowest BCUT2D eigenvalue weighted by Gasteiger charge is -2.35. The molecule has 2 heterocycles. The summed E-state index contributed by atoms with van der Waals surface area (Å²) in [5.74, 6) is 1.08. The quantitative estimate of drug-likeness (QED) is 0.824. The standard InChI is InChI=1S/C14H26N2O2/c1-2-13-11-18-10-9-16(13)14(17)4-3-12-5-7-15-8-6-12/h12-13,15H,2-11H2,1H3. The molecule has 0 radical (unpaired) electrons. The Morgan fingerprint density at radius 2 is 2.17 bits per heavy atom. The second-order valence-corrected chi connectivity index (χ2v) is 5.46. The molecule has 1 unspecified atom stereocenters.